The number of hydrogen-bond donors (Lipinski definition) is 0. The van der Waals surface area contributed by atoms with Gasteiger partial charge in [0.15, 0.2) is 6.10 Å². The van der Waals surface area contributed by atoms with E-state index in [0.29, 0.717) is 16.7 Å². The normalized spacial score (nSPS) is 19.0. The number of ether oxygens (including phenoxy) is 1. The highest BCUT2D eigenvalue weighted by atomic mass is 32.1. The van der Waals surface area contributed by atoms with E-state index in [4.69, 9.17) is 4.74 Å². The maximum atomic E-state index is 14.6. The van der Waals surface area contributed by atoms with Crippen molar-refractivity contribution in [3.63, 3.8) is 0 Å². The molecule has 1 aliphatic rings. The average Bonchev–Trinajstić information content (AvgIpc) is 3.35. The van der Waals surface area contributed by atoms with E-state index in [1.807, 2.05) is 18.2 Å². The third-order valence-electron chi connectivity index (χ3n) is 5.03. The molecule has 1 atom stereocenters. The monoisotopic (exact) mass is 414 g/mol. The first-order valence-electron chi connectivity index (χ1n) is 9.12. The third-order valence-corrected chi connectivity index (χ3v) is 5.95. The molecule has 1 amide bonds. The van der Waals surface area contributed by atoms with Gasteiger partial charge in [0, 0.05) is 31.6 Å². The van der Waals surface area contributed by atoms with Crippen molar-refractivity contribution in [2.24, 2.45) is 0 Å². The number of fused-ring (bicyclic) bond motifs is 2. The molecule has 29 heavy (non-hydrogen) atoms. The first-order valence-corrected chi connectivity index (χ1v) is 9.94. The van der Waals surface area contributed by atoms with Crippen LogP contribution in [0.3, 0.4) is 0 Å². The zero-order chi connectivity index (χ0) is 20.0. The quantitative estimate of drug-likeness (QED) is 0.511. The number of aromatic nitrogens is 3. The number of likely N-dealkylation sites (tertiary alicyclic amines) is 1. The molecule has 0 aliphatic carbocycles. The summed E-state index contributed by atoms with van der Waals surface area (Å²) in [5.41, 5.74) is 1.57. The number of rotatable bonds is 3. The number of benzene rings is 1. The van der Waals surface area contributed by atoms with Crippen molar-refractivity contribution in [3.8, 4) is 5.19 Å². The summed E-state index contributed by atoms with van der Waals surface area (Å²) in [4.78, 5) is 22.9. The van der Waals surface area contributed by atoms with Crippen LogP contribution in [0.2, 0.25) is 0 Å². The lowest BCUT2D eigenvalue weighted by Gasteiger charge is -2.37. The number of nitrogens with zero attached hydrogens (tertiary/aromatic N) is 4. The van der Waals surface area contributed by atoms with Gasteiger partial charge in [0.2, 0.25) is 0 Å². The van der Waals surface area contributed by atoms with Crippen molar-refractivity contribution in [2.75, 3.05) is 13.1 Å². The number of amides is 1. The molecule has 0 spiro atoms. The van der Waals surface area contributed by atoms with E-state index in [1.165, 1.54) is 16.2 Å². The van der Waals surface area contributed by atoms with E-state index in [0.717, 1.165) is 4.70 Å². The summed E-state index contributed by atoms with van der Waals surface area (Å²) < 4.78 is 37.3. The lowest BCUT2D eigenvalue weighted by molar-refractivity contribution is -0.130. The fourth-order valence-electron chi connectivity index (χ4n) is 3.49. The summed E-state index contributed by atoms with van der Waals surface area (Å²) in [6.07, 6.45) is 3.18. The second-order valence-corrected chi connectivity index (χ2v) is 7.89. The molecule has 9 heteroatoms. The topological polar surface area (TPSA) is 59.7 Å². The van der Waals surface area contributed by atoms with E-state index >= 15 is 0 Å². The molecule has 5 rings (SSSR count). The van der Waals surface area contributed by atoms with Gasteiger partial charge in [-0.2, -0.15) is 0 Å². The zero-order valence-electron chi connectivity index (χ0n) is 15.2. The van der Waals surface area contributed by atoms with Crippen LogP contribution < -0.4 is 4.74 Å². The van der Waals surface area contributed by atoms with Crippen LogP contribution in [0.15, 0.2) is 55.0 Å². The van der Waals surface area contributed by atoms with Gasteiger partial charge in [-0.1, -0.05) is 23.5 Å². The highest BCUT2D eigenvalue weighted by Gasteiger charge is 2.47. The van der Waals surface area contributed by atoms with E-state index in [-0.39, 0.29) is 24.2 Å². The van der Waals surface area contributed by atoms with Gasteiger partial charge in [0.25, 0.3) is 17.0 Å². The molecule has 1 fully saturated rings. The Balaban J connectivity index is 1.40. The maximum Gasteiger partial charge on any atom is 0.287 e. The summed E-state index contributed by atoms with van der Waals surface area (Å²) >= 11 is 1.22. The van der Waals surface area contributed by atoms with Crippen LogP contribution in [-0.2, 0) is 0 Å². The average molecular weight is 414 g/mol. The smallest absolute Gasteiger partial charge is 0.287 e. The summed E-state index contributed by atoms with van der Waals surface area (Å²) in [7, 11) is 0. The maximum absolute atomic E-state index is 14.6. The van der Waals surface area contributed by atoms with Crippen LogP contribution in [0.4, 0.5) is 8.78 Å². The minimum atomic E-state index is -3.05. The Kier molecular flexibility index (Phi) is 4.20. The number of alkyl halides is 2. The number of imidazole rings is 1. The number of thiazole rings is 1. The van der Waals surface area contributed by atoms with Crippen molar-refractivity contribution in [3.05, 3.63) is 60.6 Å². The van der Waals surface area contributed by atoms with Gasteiger partial charge >= 0.3 is 0 Å². The van der Waals surface area contributed by atoms with E-state index < -0.39 is 18.4 Å². The Hall–Kier alpha value is -3.07. The predicted octanol–water partition coefficient (Wildman–Crippen LogP) is 3.87. The van der Waals surface area contributed by atoms with E-state index in [9.17, 15) is 13.6 Å². The van der Waals surface area contributed by atoms with E-state index in [1.54, 1.807) is 41.2 Å². The molecule has 1 aromatic carbocycles. The summed E-state index contributed by atoms with van der Waals surface area (Å²) in [6, 6.07) is 10.7. The fourth-order valence-corrected chi connectivity index (χ4v) is 4.35. The number of carbonyl (C=O) groups excluding carboxylic acids is 1. The van der Waals surface area contributed by atoms with Crippen LogP contribution in [-0.4, -0.2) is 50.3 Å². The van der Waals surface area contributed by atoms with Gasteiger partial charge in [-0.05, 0) is 24.3 Å². The lowest BCUT2D eigenvalue weighted by Crippen LogP contribution is -2.55. The molecule has 1 saturated heterocycles. The first kappa shape index (κ1) is 18.0. The van der Waals surface area contributed by atoms with Crippen LogP contribution in [0.5, 0.6) is 5.19 Å². The van der Waals surface area contributed by atoms with Crippen molar-refractivity contribution in [1.29, 1.82) is 0 Å². The Morgan fingerprint density at radius 1 is 1.21 bits per heavy atom. The van der Waals surface area contributed by atoms with Crippen LogP contribution >= 0.6 is 11.3 Å². The summed E-state index contributed by atoms with van der Waals surface area (Å²) in [5, 5.41) is 0.181. The molecule has 148 valence electrons. The van der Waals surface area contributed by atoms with E-state index in [2.05, 4.69) is 9.97 Å². The number of halogens is 2. The summed E-state index contributed by atoms with van der Waals surface area (Å²) in [5.74, 6) is -3.39. The van der Waals surface area contributed by atoms with Crippen molar-refractivity contribution >= 4 is 33.1 Å². The molecule has 0 bridgehead atoms. The Morgan fingerprint density at radius 3 is 2.93 bits per heavy atom. The molecule has 0 radical (unpaired) electrons. The van der Waals surface area contributed by atoms with Gasteiger partial charge in [-0.25, -0.2) is 18.7 Å². The number of carbonyl (C=O) groups is 1. The van der Waals surface area contributed by atoms with Crippen molar-refractivity contribution < 1.29 is 18.3 Å². The first-order chi connectivity index (χ1) is 14.0. The largest absolute Gasteiger partial charge is 0.458 e. The molecular weight excluding hydrogens is 398 g/mol. The number of hydrogen-bond acceptors (Lipinski definition) is 5. The second-order valence-electron chi connectivity index (χ2n) is 6.90. The van der Waals surface area contributed by atoms with Gasteiger partial charge in [0.05, 0.1) is 22.3 Å². The Labute approximate surface area is 168 Å². The Morgan fingerprint density at radius 2 is 2.07 bits per heavy atom. The van der Waals surface area contributed by atoms with Crippen LogP contribution in [0, 0.1) is 0 Å². The molecule has 1 aliphatic heterocycles. The molecular formula is C20H16F2N4O2S. The predicted molar refractivity (Wildman–Crippen MR) is 105 cm³/mol. The molecule has 3 aromatic heterocycles. The molecule has 4 heterocycles. The van der Waals surface area contributed by atoms with Crippen LogP contribution in [0.25, 0.3) is 15.9 Å². The number of pyridine rings is 1. The minimum absolute atomic E-state index is 0.0483. The molecule has 6 nitrogen and oxygen atoms in total. The lowest BCUT2D eigenvalue weighted by atomic mass is 10.0. The third kappa shape index (κ3) is 3.21. The van der Waals surface area contributed by atoms with Gasteiger partial charge in [0.1, 0.15) is 5.65 Å². The highest BCUT2D eigenvalue weighted by molar-refractivity contribution is 7.20. The molecule has 0 saturated carbocycles. The summed E-state index contributed by atoms with van der Waals surface area (Å²) in [6.45, 7) is -0.267. The fraction of sp³-hybridized carbons (Fsp3) is 0.250. The van der Waals surface area contributed by atoms with Gasteiger partial charge < -0.3 is 14.0 Å². The molecule has 4 aromatic rings. The molecule has 1 unspecified atom stereocenters. The van der Waals surface area contributed by atoms with Gasteiger partial charge in [-0.15, -0.1) is 0 Å². The van der Waals surface area contributed by atoms with Gasteiger partial charge in [-0.3, -0.25) is 4.79 Å². The highest BCUT2D eigenvalue weighted by Crippen LogP contribution is 2.35. The Bertz CT molecular complexity index is 1170. The SMILES string of the molecule is O=C(c1cccn2ccnc12)N1CCC(F)(F)C(Oc2nc3ccccc3s2)C1. The second kappa shape index (κ2) is 6.77. The minimum Gasteiger partial charge on any atom is -0.458 e. The number of para-hydroxylation sites is 1. The van der Waals surface area contributed by atoms with Crippen LogP contribution in [0.1, 0.15) is 16.8 Å². The van der Waals surface area contributed by atoms with Crippen molar-refractivity contribution in [1.82, 2.24) is 19.3 Å². The van der Waals surface area contributed by atoms with Crippen molar-refractivity contribution in [2.45, 2.75) is 18.4 Å². The zero-order valence-corrected chi connectivity index (χ0v) is 16.0. The standard InChI is InChI=1S/C20H16F2N4O2S/c21-20(22)7-10-26(18(27)13-4-3-9-25-11-8-23-17(13)25)12-16(20)28-19-24-14-5-1-2-6-15(14)29-19/h1-6,8-9,11,16H,7,10,12H2. The molecule has 0 N–H and O–H groups in total. The number of piperidine rings is 1.